The molecule has 2 aromatic carbocycles. The van der Waals surface area contributed by atoms with Crippen molar-refractivity contribution in [2.24, 2.45) is 0 Å². The van der Waals surface area contributed by atoms with Gasteiger partial charge < -0.3 is 10.1 Å². The van der Waals surface area contributed by atoms with Crippen LogP contribution in [0.3, 0.4) is 0 Å². The summed E-state index contributed by atoms with van der Waals surface area (Å²) in [6.45, 7) is 0. The molecule has 110 valence electrons. The smallest absolute Gasteiger partial charge is 0.222 e. The Labute approximate surface area is 129 Å². The van der Waals surface area contributed by atoms with E-state index in [1.165, 1.54) is 0 Å². The highest BCUT2D eigenvalue weighted by molar-refractivity contribution is 5.72. The van der Waals surface area contributed by atoms with Crippen molar-refractivity contribution in [3.05, 3.63) is 60.8 Å². The molecule has 0 bridgehead atoms. The third kappa shape index (κ3) is 2.91. The minimum Gasteiger partial charge on any atom is -0.497 e. The zero-order chi connectivity index (χ0) is 15.4. The topological polar surface area (TPSA) is 47.0 Å². The minimum atomic E-state index is 0.618. The van der Waals surface area contributed by atoms with Crippen LogP contribution in [0, 0.1) is 0 Å². The van der Waals surface area contributed by atoms with Crippen LogP contribution in [0.4, 0.5) is 5.95 Å². The fourth-order valence-electron chi connectivity index (χ4n) is 2.28. The van der Waals surface area contributed by atoms with E-state index in [1.807, 2.05) is 31.3 Å². The Morgan fingerprint density at radius 2 is 1.68 bits per heavy atom. The first kappa shape index (κ1) is 14.1. The number of anilines is 1. The van der Waals surface area contributed by atoms with Crippen molar-refractivity contribution in [1.82, 2.24) is 9.97 Å². The maximum Gasteiger partial charge on any atom is 0.222 e. The first-order valence-corrected chi connectivity index (χ1v) is 7.06. The summed E-state index contributed by atoms with van der Waals surface area (Å²) in [4.78, 5) is 8.63. The zero-order valence-electron chi connectivity index (χ0n) is 12.6. The molecule has 0 spiro atoms. The zero-order valence-corrected chi connectivity index (χ0v) is 12.6. The van der Waals surface area contributed by atoms with Gasteiger partial charge in [0.2, 0.25) is 5.95 Å². The number of benzene rings is 2. The van der Waals surface area contributed by atoms with E-state index in [9.17, 15) is 0 Å². The largest absolute Gasteiger partial charge is 0.497 e. The highest BCUT2D eigenvalue weighted by atomic mass is 16.5. The predicted molar refractivity (Wildman–Crippen MR) is 89.0 cm³/mol. The molecular weight excluding hydrogens is 274 g/mol. The Morgan fingerprint density at radius 1 is 0.909 bits per heavy atom. The van der Waals surface area contributed by atoms with E-state index in [2.05, 4.69) is 45.6 Å². The number of ether oxygens (including phenoxy) is 1. The molecule has 0 saturated carbocycles. The van der Waals surface area contributed by atoms with Crippen LogP contribution in [0.5, 0.6) is 5.75 Å². The van der Waals surface area contributed by atoms with Gasteiger partial charge in [-0.15, -0.1) is 0 Å². The van der Waals surface area contributed by atoms with E-state index in [1.54, 1.807) is 13.3 Å². The Morgan fingerprint density at radius 3 is 2.41 bits per heavy atom. The molecule has 0 aliphatic heterocycles. The van der Waals surface area contributed by atoms with Crippen molar-refractivity contribution in [2.45, 2.75) is 0 Å². The lowest BCUT2D eigenvalue weighted by Gasteiger charge is -2.07. The lowest BCUT2D eigenvalue weighted by molar-refractivity contribution is 0.415. The molecule has 0 atom stereocenters. The average molecular weight is 291 g/mol. The molecule has 4 heteroatoms. The number of nitrogens with zero attached hydrogens (tertiary/aromatic N) is 2. The number of nitrogens with one attached hydrogen (secondary N) is 1. The van der Waals surface area contributed by atoms with Gasteiger partial charge in [-0.3, -0.25) is 0 Å². The SMILES string of the molecule is CNc1nccc(-c2cccc(-c3ccc(OC)cc3)c2)n1. The minimum absolute atomic E-state index is 0.618. The van der Waals surface area contributed by atoms with E-state index in [-0.39, 0.29) is 0 Å². The molecule has 3 aromatic rings. The van der Waals surface area contributed by atoms with Gasteiger partial charge >= 0.3 is 0 Å². The van der Waals surface area contributed by atoms with Gasteiger partial charge in [0, 0.05) is 18.8 Å². The molecule has 1 aromatic heterocycles. The Bertz CT molecular complexity index is 769. The molecule has 1 N–H and O–H groups in total. The molecule has 0 radical (unpaired) electrons. The third-order valence-electron chi connectivity index (χ3n) is 3.46. The fraction of sp³-hybridized carbons (Fsp3) is 0.111. The Kier molecular flexibility index (Phi) is 4.01. The van der Waals surface area contributed by atoms with Crippen molar-refractivity contribution in [1.29, 1.82) is 0 Å². The van der Waals surface area contributed by atoms with E-state index >= 15 is 0 Å². The molecule has 0 fully saturated rings. The van der Waals surface area contributed by atoms with Crippen LogP contribution < -0.4 is 10.1 Å². The van der Waals surface area contributed by atoms with Crippen LogP contribution in [-0.2, 0) is 0 Å². The molecule has 0 aliphatic rings. The molecule has 3 rings (SSSR count). The summed E-state index contributed by atoms with van der Waals surface area (Å²) in [5.74, 6) is 1.47. The van der Waals surface area contributed by atoms with Crippen LogP contribution >= 0.6 is 0 Å². The van der Waals surface area contributed by atoms with E-state index in [0.717, 1.165) is 28.1 Å². The lowest BCUT2D eigenvalue weighted by Crippen LogP contribution is -1.96. The number of rotatable bonds is 4. The predicted octanol–water partition coefficient (Wildman–Crippen LogP) is 3.86. The number of methoxy groups -OCH3 is 1. The van der Waals surface area contributed by atoms with Crippen LogP contribution in [0.15, 0.2) is 60.8 Å². The molecule has 1 heterocycles. The normalized spacial score (nSPS) is 10.3. The second-order valence-electron chi connectivity index (χ2n) is 4.82. The second kappa shape index (κ2) is 6.26. The summed E-state index contributed by atoms with van der Waals surface area (Å²) < 4.78 is 5.20. The number of aromatic nitrogens is 2. The third-order valence-corrected chi connectivity index (χ3v) is 3.46. The summed E-state index contributed by atoms with van der Waals surface area (Å²) in [6.07, 6.45) is 1.76. The van der Waals surface area contributed by atoms with Crippen molar-refractivity contribution < 1.29 is 4.74 Å². The Hall–Kier alpha value is -2.88. The molecular formula is C18H17N3O. The van der Waals surface area contributed by atoms with Gasteiger partial charge in [-0.2, -0.15) is 0 Å². The van der Waals surface area contributed by atoms with E-state index in [4.69, 9.17) is 4.74 Å². The van der Waals surface area contributed by atoms with Gasteiger partial charge in [0.05, 0.1) is 12.8 Å². The average Bonchev–Trinajstić information content (AvgIpc) is 2.62. The second-order valence-corrected chi connectivity index (χ2v) is 4.82. The van der Waals surface area contributed by atoms with E-state index in [0.29, 0.717) is 5.95 Å². The summed E-state index contributed by atoms with van der Waals surface area (Å²) in [7, 11) is 3.48. The molecule has 0 aliphatic carbocycles. The highest BCUT2D eigenvalue weighted by Gasteiger charge is 2.04. The van der Waals surface area contributed by atoms with E-state index < -0.39 is 0 Å². The maximum atomic E-state index is 5.20. The summed E-state index contributed by atoms with van der Waals surface area (Å²) in [5, 5.41) is 2.96. The summed E-state index contributed by atoms with van der Waals surface area (Å²) >= 11 is 0. The quantitative estimate of drug-likeness (QED) is 0.793. The molecule has 22 heavy (non-hydrogen) atoms. The van der Waals surface area contributed by atoms with Gasteiger partial charge in [0.1, 0.15) is 5.75 Å². The van der Waals surface area contributed by atoms with Gasteiger partial charge in [0.25, 0.3) is 0 Å². The van der Waals surface area contributed by atoms with Gasteiger partial charge in [-0.05, 0) is 35.4 Å². The van der Waals surface area contributed by atoms with Crippen LogP contribution in [0.1, 0.15) is 0 Å². The van der Waals surface area contributed by atoms with Gasteiger partial charge in [0.15, 0.2) is 0 Å². The van der Waals surface area contributed by atoms with Crippen LogP contribution in [0.25, 0.3) is 22.4 Å². The maximum absolute atomic E-state index is 5.20. The van der Waals surface area contributed by atoms with Crippen molar-refractivity contribution in [3.63, 3.8) is 0 Å². The lowest BCUT2D eigenvalue weighted by atomic mass is 10.0. The van der Waals surface area contributed by atoms with Gasteiger partial charge in [-0.1, -0.05) is 30.3 Å². The van der Waals surface area contributed by atoms with Crippen LogP contribution in [0.2, 0.25) is 0 Å². The molecule has 0 amide bonds. The van der Waals surface area contributed by atoms with Crippen molar-refractivity contribution in [3.8, 4) is 28.1 Å². The standard InChI is InChI=1S/C18H17N3O/c1-19-18-20-11-10-17(21-18)15-5-3-4-14(12-15)13-6-8-16(22-2)9-7-13/h3-12H,1-2H3,(H,19,20,21). The van der Waals surface area contributed by atoms with Crippen molar-refractivity contribution in [2.75, 3.05) is 19.5 Å². The highest BCUT2D eigenvalue weighted by Crippen LogP contribution is 2.27. The summed E-state index contributed by atoms with van der Waals surface area (Å²) in [6, 6.07) is 18.2. The van der Waals surface area contributed by atoms with Gasteiger partial charge in [-0.25, -0.2) is 9.97 Å². The van der Waals surface area contributed by atoms with Crippen LogP contribution in [-0.4, -0.2) is 24.1 Å². The first-order valence-electron chi connectivity index (χ1n) is 7.06. The fourth-order valence-corrected chi connectivity index (χ4v) is 2.28. The number of hydrogen-bond acceptors (Lipinski definition) is 4. The Balaban J connectivity index is 1.97. The first-order chi connectivity index (χ1) is 10.8. The number of hydrogen-bond donors (Lipinski definition) is 1. The molecule has 4 nitrogen and oxygen atoms in total. The monoisotopic (exact) mass is 291 g/mol. The summed E-state index contributed by atoms with van der Waals surface area (Å²) in [5.41, 5.74) is 4.25. The van der Waals surface area contributed by atoms with Crippen molar-refractivity contribution >= 4 is 5.95 Å². The molecule has 0 saturated heterocycles. The molecule has 0 unspecified atom stereocenters.